The first-order chi connectivity index (χ1) is 17.1. The van der Waals surface area contributed by atoms with Crippen molar-refractivity contribution in [2.24, 2.45) is 23.5 Å². The maximum Gasteiger partial charge on any atom is 0.353 e. The van der Waals surface area contributed by atoms with Crippen LogP contribution < -0.4 is 27.0 Å². The van der Waals surface area contributed by atoms with Crippen LogP contribution in [0.3, 0.4) is 0 Å². The molecule has 0 aromatic rings. The number of carbonyl (C=O) groups is 4. The van der Waals surface area contributed by atoms with Crippen molar-refractivity contribution in [1.29, 1.82) is 0 Å². The molecule has 12 heteroatoms. The largest absolute Gasteiger partial charge is 0.477 e. The number of amides is 3. The van der Waals surface area contributed by atoms with E-state index in [2.05, 4.69) is 21.3 Å². The van der Waals surface area contributed by atoms with Gasteiger partial charge in [0.2, 0.25) is 17.7 Å². The quantitative estimate of drug-likeness (QED) is 0.201. The highest BCUT2D eigenvalue weighted by molar-refractivity contribution is 8.03. The molecule has 11 nitrogen and oxygen atoms in total. The number of thioether (sulfide) groups is 1. The summed E-state index contributed by atoms with van der Waals surface area (Å²) in [6, 6.07) is -0.447. The third-order valence-corrected chi connectivity index (χ3v) is 9.41. The molecule has 1 saturated carbocycles. The van der Waals surface area contributed by atoms with Crippen LogP contribution in [0.15, 0.2) is 10.6 Å². The van der Waals surface area contributed by atoms with Crippen molar-refractivity contribution < 1.29 is 24.3 Å². The fourth-order valence-electron chi connectivity index (χ4n) is 6.08. The summed E-state index contributed by atoms with van der Waals surface area (Å²) in [4.78, 5) is 51.7. The maximum absolute atomic E-state index is 13.0. The van der Waals surface area contributed by atoms with Gasteiger partial charge in [0.1, 0.15) is 5.70 Å². The minimum Gasteiger partial charge on any atom is -0.477 e. The van der Waals surface area contributed by atoms with Gasteiger partial charge in [-0.25, -0.2) is 4.79 Å². The topological polar surface area (TPSA) is 166 Å². The van der Waals surface area contributed by atoms with Gasteiger partial charge in [-0.15, -0.1) is 11.8 Å². The number of nitrogens with two attached hydrogens (primary N) is 1. The summed E-state index contributed by atoms with van der Waals surface area (Å²) in [7, 11) is 1.67. The van der Waals surface area contributed by atoms with Crippen molar-refractivity contribution in [2.45, 2.75) is 68.9 Å². The minimum absolute atomic E-state index is 0.00499. The predicted molar refractivity (Wildman–Crippen MR) is 136 cm³/mol. The van der Waals surface area contributed by atoms with E-state index in [1.165, 1.54) is 16.7 Å². The van der Waals surface area contributed by atoms with Gasteiger partial charge in [-0.05, 0) is 39.7 Å². The molecule has 0 spiro atoms. The number of carboxylic acid groups (broad SMARTS) is 1. The Hall–Kier alpha value is -2.15. The maximum atomic E-state index is 13.0. The smallest absolute Gasteiger partial charge is 0.353 e. The van der Waals surface area contributed by atoms with Crippen molar-refractivity contribution in [3.63, 3.8) is 0 Å². The average Bonchev–Trinajstić information content (AvgIpc) is 3.50. The summed E-state index contributed by atoms with van der Waals surface area (Å²) >= 11 is 1.52. The lowest BCUT2D eigenvalue weighted by Gasteiger charge is -2.47. The van der Waals surface area contributed by atoms with Gasteiger partial charge >= 0.3 is 5.97 Å². The zero-order valence-corrected chi connectivity index (χ0v) is 21.9. The average molecular weight is 523 g/mol. The molecule has 3 amide bonds. The van der Waals surface area contributed by atoms with E-state index in [1.807, 2.05) is 6.92 Å². The summed E-state index contributed by atoms with van der Waals surface area (Å²) in [6.07, 6.45) is 3.25. The van der Waals surface area contributed by atoms with Crippen LogP contribution in [0.25, 0.3) is 0 Å². The predicted octanol–water partition coefficient (Wildman–Crippen LogP) is -0.809. The second-order valence-corrected chi connectivity index (χ2v) is 11.9. The number of fused-ring (bicyclic) bond motifs is 1. The molecule has 7 N–H and O–H groups in total. The number of nitrogens with one attached hydrogen (secondary N) is 4. The highest BCUT2D eigenvalue weighted by Crippen LogP contribution is 2.51. The van der Waals surface area contributed by atoms with Crippen LogP contribution in [0.5, 0.6) is 0 Å². The van der Waals surface area contributed by atoms with E-state index < -0.39 is 17.9 Å². The molecular weight excluding hydrogens is 484 g/mol. The van der Waals surface area contributed by atoms with E-state index in [1.54, 1.807) is 14.0 Å². The van der Waals surface area contributed by atoms with Gasteiger partial charge in [0.25, 0.3) is 0 Å². The first kappa shape index (κ1) is 26.9. The highest BCUT2D eigenvalue weighted by Gasteiger charge is 2.60. The number of β-lactam (4-membered cyclic amide) rings is 1. The normalized spacial score (nSPS) is 34.4. The number of rotatable bonds is 10. The third kappa shape index (κ3) is 5.27. The molecule has 0 aromatic heterocycles. The van der Waals surface area contributed by atoms with Crippen molar-refractivity contribution >= 4 is 35.5 Å². The molecule has 3 aliphatic heterocycles. The van der Waals surface area contributed by atoms with E-state index in [0.717, 1.165) is 25.7 Å². The molecule has 200 valence electrons. The van der Waals surface area contributed by atoms with Crippen LogP contribution in [0.2, 0.25) is 0 Å². The zero-order chi connectivity index (χ0) is 26.1. The molecule has 8 atom stereocenters. The fraction of sp³-hybridized carbons (Fsp3) is 0.750. The molecule has 4 aliphatic rings. The Morgan fingerprint density at radius 3 is 2.67 bits per heavy atom. The lowest BCUT2D eigenvalue weighted by Crippen LogP contribution is -2.66. The van der Waals surface area contributed by atoms with Crippen LogP contribution in [0, 0.1) is 17.8 Å². The molecule has 1 aliphatic carbocycles. The van der Waals surface area contributed by atoms with Gasteiger partial charge in [0, 0.05) is 53.2 Å². The monoisotopic (exact) mass is 522 g/mol. The summed E-state index contributed by atoms with van der Waals surface area (Å²) in [6.45, 7) is 5.14. The fourth-order valence-corrected chi connectivity index (χ4v) is 7.60. The van der Waals surface area contributed by atoms with Crippen LogP contribution in [0.4, 0.5) is 0 Å². The number of hydrogen-bond donors (Lipinski definition) is 6. The van der Waals surface area contributed by atoms with E-state index in [-0.39, 0.29) is 65.2 Å². The number of carboxylic acids is 1. The lowest BCUT2D eigenvalue weighted by molar-refractivity contribution is -0.158. The van der Waals surface area contributed by atoms with Gasteiger partial charge in [-0.2, -0.15) is 0 Å². The van der Waals surface area contributed by atoms with Gasteiger partial charge in [0.05, 0.1) is 18.5 Å². The van der Waals surface area contributed by atoms with Crippen LogP contribution >= 0.6 is 11.8 Å². The molecule has 0 bridgehead atoms. The Morgan fingerprint density at radius 2 is 2.03 bits per heavy atom. The molecule has 3 heterocycles. The molecule has 0 radical (unpaired) electrons. The van der Waals surface area contributed by atoms with Crippen molar-refractivity contribution in [3.05, 3.63) is 10.6 Å². The van der Waals surface area contributed by atoms with Gasteiger partial charge in [-0.3, -0.25) is 14.4 Å². The van der Waals surface area contributed by atoms with Gasteiger partial charge < -0.3 is 37.0 Å². The summed E-state index contributed by atoms with van der Waals surface area (Å²) in [5.41, 5.74) is 6.00. The molecule has 1 unspecified atom stereocenters. The van der Waals surface area contributed by atoms with E-state index >= 15 is 0 Å². The number of carbonyl (C=O) groups excluding carboxylic acids is 3. The number of hydrogen-bond acceptors (Lipinski definition) is 8. The van der Waals surface area contributed by atoms with Crippen LogP contribution in [0.1, 0.15) is 39.5 Å². The summed E-state index contributed by atoms with van der Waals surface area (Å²) in [5, 5.41) is 22.2. The van der Waals surface area contributed by atoms with Crippen molar-refractivity contribution in [1.82, 2.24) is 26.2 Å². The lowest BCUT2D eigenvalue weighted by atomic mass is 9.78. The SMILES string of the molecule is CNCC(=O)NC(C)[C@H]1C(=O)N2C(C(=O)O)=C(S[C@@H]3CN[C@H](CNC(=O)[C@@H]4CC[C@H](N)C4)C3)[C@H](C)[C@H]12. The number of likely N-dealkylation sites (N-methyl/N-ethyl adjacent to an activating group) is 1. The van der Waals surface area contributed by atoms with Gasteiger partial charge in [-0.1, -0.05) is 6.92 Å². The molecular formula is C24H38N6O5S. The van der Waals surface area contributed by atoms with Crippen LogP contribution in [-0.4, -0.2) is 89.8 Å². The molecule has 4 rings (SSSR count). The Kier molecular flexibility index (Phi) is 8.28. The Morgan fingerprint density at radius 1 is 1.28 bits per heavy atom. The van der Waals surface area contributed by atoms with Crippen LogP contribution in [-0.2, 0) is 19.2 Å². The van der Waals surface area contributed by atoms with Crippen molar-refractivity contribution in [2.75, 3.05) is 26.7 Å². The molecule has 3 fully saturated rings. The highest BCUT2D eigenvalue weighted by atomic mass is 32.2. The Bertz CT molecular complexity index is 944. The van der Waals surface area contributed by atoms with Crippen molar-refractivity contribution in [3.8, 4) is 0 Å². The molecule has 36 heavy (non-hydrogen) atoms. The Balaban J connectivity index is 1.35. The summed E-state index contributed by atoms with van der Waals surface area (Å²) in [5.74, 6) is -2.10. The Labute approximate surface area is 215 Å². The molecule has 2 saturated heterocycles. The minimum atomic E-state index is -1.10. The second kappa shape index (κ2) is 11.1. The summed E-state index contributed by atoms with van der Waals surface area (Å²) < 4.78 is 0. The third-order valence-electron chi connectivity index (χ3n) is 7.90. The zero-order valence-electron chi connectivity index (χ0n) is 21.1. The van der Waals surface area contributed by atoms with E-state index in [0.29, 0.717) is 18.0 Å². The standard InChI is InChI=1S/C24H38N6O5S/c1-11-19-18(12(2)29-17(31)10-26-3)23(33)30(19)20(24(34)35)21(11)36-16-7-15(27-9-16)8-28-22(32)13-4-5-14(25)6-13/h11-16,18-19,26-27H,4-10,25H2,1-3H3,(H,28,32)(H,29,31)(H,34,35)/t11-,12?,13-,14+,15+,16+,18-,19-/m1/s1. The van der Waals surface area contributed by atoms with Gasteiger partial charge in [0.15, 0.2) is 0 Å². The number of nitrogens with zero attached hydrogens (tertiary/aromatic N) is 1. The van der Waals surface area contributed by atoms with E-state index in [9.17, 15) is 24.3 Å². The second-order valence-electron chi connectivity index (χ2n) is 10.5. The van der Waals surface area contributed by atoms with E-state index in [4.69, 9.17) is 5.73 Å². The number of aliphatic carboxylic acids is 1. The first-order valence-electron chi connectivity index (χ1n) is 12.8. The molecule has 0 aromatic carbocycles. The first-order valence-corrected chi connectivity index (χ1v) is 13.7.